The van der Waals surface area contributed by atoms with Gasteiger partial charge >= 0.3 is 0 Å². The summed E-state index contributed by atoms with van der Waals surface area (Å²) < 4.78 is 0. The van der Waals surface area contributed by atoms with Gasteiger partial charge in [-0.1, -0.05) is 24.3 Å². The predicted octanol–water partition coefficient (Wildman–Crippen LogP) is 3.91. The average molecular weight is 385 g/mol. The Bertz CT molecular complexity index is 1100. The number of hydrogen-bond donors (Lipinski definition) is 2. The molecule has 0 radical (unpaired) electrons. The molecule has 3 aromatic rings. The van der Waals surface area contributed by atoms with E-state index in [-0.39, 0.29) is 5.75 Å². The third-order valence-electron chi connectivity index (χ3n) is 5.93. The van der Waals surface area contributed by atoms with Gasteiger partial charge in [0.05, 0.1) is 11.6 Å². The van der Waals surface area contributed by atoms with Crippen LogP contribution in [0.2, 0.25) is 0 Å². The first-order valence-corrected chi connectivity index (χ1v) is 10.2. The number of piperidine rings is 1. The third kappa shape index (κ3) is 3.50. The smallest absolute Gasteiger partial charge is 0.156 e. The van der Waals surface area contributed by atoms with E-state index in [1.54, 1.807) is 12.1 Å². The number of fused-ring (bicyclic) bond motifs is 1. The first kappa shape index (κ1) is 17.9. The van der Waals surface area contributed by atoms with Crippen molar-refractivity contribution in [2.75, 3.05) is 18.4 Å². The van der Waals surface area contributed by atoms with Crippen LogP contribution < -0.4 is 5.32 Å². The summed E-state index contributed by atoms with van der Waals surface area (Å²) in [4.78, 5) is 2.60. The Morgan fingerprint density at radius 1 is 1.07 bits per heavy atom. The molecular formula is C23H23N5O. The molecular weight excluding hydrogens is 362 g/mol. The molecule has 2 aliphatic rings. The summed E-state index contributed by atoms with van der Waals surface area (Å²) in [6.45, 7) is 2.25. The van der Waals surface area contributed by atoms with Crippen LogP contribution in [0.5, 0.6) is 5.75 Å². The van der Waals surface area contributed by atoms with Crippen molar-refractivity contribution in [1.82, 2.24) is 15.1 Å². The van der Waals surface area contributed by atoms with Crippen LogP contribution in [0.25, 0.3) is 22.0 Å². The van der Waals surface area contributed by atoms with Gasteiger partial charge in [0.1, 0.15) is 11.4 Å². The van der Waals surface area contributed by atoms with Gasteiger partial charge in [-0.05, 0) is 50.4 Å². The minimum atomic E-state index is 0.0385. The number of nitrogens with one attached hydrogen (secondary N) is 1. The number of likely N-dealkylation sites (tertiary alicyclic amines) is 1. The van der Waals surface area contributed by atoms with Gasteiger partial charge in [0, 0.05) is 35.0 Å². The number of nitrogens with zero attached hydrogens (tertiary/aromatic N) is 4. The average Bonchev–Trinajstić information content (AvgIpc) is 3.60. The second-order valence-electron chi connectivity index (χ2n) is 8.00. The van der Waals surface area contributed by atoms with Crippen molar-refractivity contribution in [3.63, 3.8) is 0 Å². The van der Waals surface area contributed by atoms with E-state index in [2.05, 4.69) is 20.4 Å². The fourth-order valence-corrected chi connectivity index (χ4v) is 4.30. The van der Waals surface area contributed by atoms with Crippen LogP contribution in [-0.4, -0.2) is 45.4 Å². The zero-order chi connectivity index (χ0) is 19.8. The van der Waals surface area contributed by atoms with E-state index in [0.29, 0.717) is 22.9 Å². The molecule has 6 heteroatoms. The molecule has 1 saturated heterocycles. The van der Waals surface area contributed by atoms with E-state index in [1.807, 2.05) is 30.3 Å². The molecule has 1 aromatic heterocycles. The maximum absolute atomic E-state index is 10.4. The van der Waals surface area contributed by atoms with E-state index in [9.17, 15) is 5.11 Å². The zero-order valence-corrected chi connectivity index (χ0v) is 16.2. The van der Waals surface area contributed by atoms with Crippen LogP contribution in [0.15, 0.2) is 42.5 Å². The summed E-state index contributed by atoms with van der Waals surface area (Å²) >= 11 is 0. The van der Waals surface area contributed by atoms with Crippen molar-refractivity contribution in [2.45, 2.75) is 37.8 Å². The van der Waals surface area contributed by atoms with Gasteiger partial charge in [-0.25, -0.2) is 0 Å². The SMILES string of the molecule is N#Cc1ccc(-c2nnc(N[C@@H]3CCCN(C4CC4)C3)c3ccccc23)c(O)c1. The number of phenolic OH excluding ortho intramolecular Hbond substituents is 1. The lowest BCUT2D eigenvalue weighted by Crippen LogP contribution is -2.43. The highest BCUT2D eigenvalue weighted by molar-refractivity contribution is 6.00. The molecule has 2 N–H and O–H groups in total. The molecule has 0 bridgehead atoms. The summed E-state index contributed by atoms with van der Waals surface area (Å²) in [7, 11) is 0. The van der Waals surface area contributed by atoms with Crippen LogP contribution in [0.4, 0.5) is 5.82 Å². The lowest BCUT2D eigenvalue weighted by molar-refractivity contribution is 0.207. The molecule has 2 heterocycles. The van der Waals surface area contributed by atoms with Gasteiger partial charge in [0.15, 0.2) is 5.82 Å². The number of phenols is 1. The van der Waals surface area contributed by atoms with Crippen LogP contribution in [0.3, 0.4) is 0 Å². The second kappa shape index (κ2) is 7.34. The van der Waals surface area contributed by atoms with Crippen LogP contribution in [-0.2, 0) is 0 Å². The van der Waals surface area contributed by atoms with E-state index < -0.39 is 0 Å². The van der Waals surface area contributed by atoms with Crippen LogP contribution >= 0.6 is 0 Å². The maximum atomic E-state index is 10.4. The van der Waals surface area contributed by atoms with E-state index in [4.69, 9.17) is 5.26 Å². The second-order valence-corrected chi connectivity index (χ2v) is 8.00. The van der Waals surface area contributed by atoms with Crippen LogP contribution in [0, 0.1) is 11.3 Å². The van der Waals surface area contributed by atoms with E-state index >= 15 is 0 Å². The molecule has 6 nitrogen and oxygen atoms in total. The lowest BCUT2D eigenvalue weighted by Gasteiger charge is -2.33. The fourth-order valence-electron chi connectivity index (χ4n) is 4.30. The molecule has 29 heavy (non-hydrogen) atoms. The minimum absolute atomic E-state index is 0.0385. The number of rotatable bonds is 4. The third-order valence-corrected chi connectivity index (χ3v) is 5.93. The van der Waals surface area contributed by atoms with Crippen LogP contribution in [0.1, 0.15) is 31.2 Å². The summed E-state index contributed by atoms with van der Waals surface area (Å²) in [5.74, 6) is 0.830. The van der Waals surface area contributed by atoms with Crippen molar-refractivity contribution >= 4 is 16.6 Å². The molecule has 5 rings (SSSR count). The van der Waals surface area contributed by atoms with Crippen molar-refractivity contribution < 1.29 is 5.11 Å². The molecule has 1 atom stereocenters. The first-order chi connectivity index (χ1) is 14.2. The number of anilines is 1. The monoisotopic (exact) mass is 385 g/mol. The predicted molar refractivity (Wildman–Crippen MR) is 113 cm³/mol. The Morgan fingerprint density at radius 3 is 2.66 bits per heavy atom. The molecule has 146 valence electrons. The summed E-state index contributed by atoms with van der Waals surface area (Å²) in [5.41, 5.74) is 1.62. The number of aromatic hydroxyl groups is 1. The summed E-state index contributed by atoms with van der Waals surface area (Å²) in [5, 5.41) is 34.0. The molecule has 2 aromatic carbocycles. The van der Waals surface area contributed by atoms with Crippen molar-refractivity contribution in [3.8, 4) is 23.1 Å². The number of aromatic nitrogens is 2. The Labute approximate surface area is 169 Å². The zero-order valence-electron chi connectivity index (χ0n) is 16.2. The van der Waals surface area contributed by atoms with E-state index in [1.165, 1.54) is 31.9 Å². The highest BCUT2D eigenvalue weighted by atomic mass is 16.3. The molecule has 1 aliphatic heterocycles. The number of benzene rings is 2. The number of nitriles is 1. The first-order valence-electron chi connectivity index (χ1n) is 10.2. The fraction of sp³-hybridized carbons (Fsp3) is 0.348. The highest BCUT2D eigenvalue weighted by Gasteiger charge is 2.32. The van der Waals surface area contributed by atoms with Crippen molar-refractivity contribution in [1.29, 1.82) is 5.26 Å². The molecule has 0 spiro atoms. The Hall–Kier alpha value is -3.17. The quantitative estimate of drug-likeness (QED) is 0.708. The molecule has 1 aliphatic carbocycles. The Morgan fingerprint density at radius 2 is 1.90 bits per heavy atom. The van der Waals surface area contributed by atoms with Gasteiger partial charge in [0.2, 0.25) is 0 Å². The largest absolute Gasteiger partial charge is 0.507 e. The standard InChI is InChI=1S/C23H23N5O/c24-13-15-7-10-20(21(29)12-15)22-18-5-1-2-6-19(18)23(27-26-22)25-16-4-3-11-28(14-16)17-8-9-17/h1-2,5-7,10,12,16-17,29H,3-4,8-9,11,14H2,(H,25,27)/t16-/m1/s1. The highest BCUT2D eigenvalue weighted by Crippen LogP contribution is 2.36. The van der Waals surface area contributed by atoms with E-state index in [0.717, 1.165) is 35.6 Å². The maximum Gasteiger partial charge on any atom is 0.156 e. The minimum Gasteiger partial charge on any atom is -0.507 e. The molecule has 1 saturated carbocycles. The van der Waals surface area contributed by atoms with Gasteiger partial charge in [-0.15, -0.1) is 10.2 Å². The molecule has 2 fully saturated rings. The normalized spacial score (nSPS) is 19.8. The molecule has 0 unspecified atom stereocenters. The Balaban J connectivity index is 1.49. The van der Waals surface area contributed by atoms with Crippen molar-refractivity contribution in [2.24, 2.45) is 0 Å². The topological polar surface area (TPSA) is 85.1 Å². The summed E-state index contributed by atoms with van der Waals surface area (Å²) in [6, 6.07) is 16.1. The van der Waals surface area contributed by atoms with Gasteiger partial charge in [0.25, 0.3) is 0 Å². The van der Waals surface area contributed by atoms with Crippen molar-refractivity contribution in [3.05, 3.63) is 48.0 Å². The Kier molecular flexibility index (Phi) is 4.53. The van der Waals surface area contributed by atoms with Gasteiger partial charge < -0.3 is 10.4 Å². The van der Waals surface area contributed by atoms with Gasteiger partial charge in [-0.3, -0.25) is 4.90 Å². The summed E-state index contributed by atoms with van der Waals surface area (Å²) in [6.07, 6.45) is 5.00. The lowest BCUT2D eigenvalue weighted by atomic mass is 10.0. The molecule has 0 amide bonds. The number of hydrogen-bond acceptors (Lipinski definition) is 6. The van der Waals surface area contributed by atoms with Gasteiger partial charge in [-0.2, -0.15) is 5.26 Å².